The van der Waals surface area contributed by atoms with Gasteiger partial charge in [-0.3, -0.25) is 0 Å². The number of halogens is 1. The molecule has 1 aromatic carbocycles. The number of aromatic nitrogens is 2. The molecule has 4 rings (SSSR count). The van der Waals surface area contributed by atoms with E-state index in [2.05, 4.69) is 25.9 Å². The summed E-state index contributed by atoms with van der Waals surface area (Å²) >= 11 is 0. The standard InChI is InChI=1S/C17H17FN4O/c18-17-4-2-13(8-20-17)12-1-3-16-15(7-12)22(5-6-23-16)10-14-9-19-11-21-14/h1,3,7-9,11H,2,4-6,10H2,(H,19,21). The molecule has 2 aliphatic rings. The van der Waals surface area contributed by atoms with Crippen molar-refractivity contribution in [1.29, 1.82) is 0 Å². The summed E-state index contributed by atoms with van der Waals surface area (Å²) in [4.78, 5) is 13.3. The van der Waals surface area contributed by atoms with Gasteiger partial charge in [-0.2, -0.15) is 4.39 Å². The van der Waals surface area contributed by atoms with Crippen LogP contribution in [-0.4, -0.2) is 29.1 Å². The molecule has 0 spiro atoms. The number of ether oxygens (including phenoxy) is 1. The summed E-state index contributed by atoms with van der Waals surface area (Å²) in [5, 5.41) is 0. The van der Waals surface area contributed by atoms with Crippen LogP contribution in [-0.2, 0) is 6.54 Å². The lowest BCUT2D eigenvalue weighted by atomic mass is 9.99. The van der Waals surface area contributed by atoms with Crippen LogP contribution in [0.3, 0.4) is 0 Å². The Morgan fingerprint density at radius 2 is 2.26 bits per heavy atom. The zero-order valence-electron chi connectivity index (χ0n) is 12.6. The van der Waals surface area contributed by atoms with Gasteiger partial charge in [-0.25, -0.2) is 9.98 Å². The molecule has 118 valence electrons. The van der Waals surface area contributed by atoms with Gasteiger partial charge in [0.1, 0.15) is 12.4 Å². The van der Waals surface area contributed by atoms with Gasteiger partial charge < -0.3 is 14.6 Å². The monoisotopic (exact) mass is 312 g/mol. The van der Waals surface area contributed by atoms with E-state index in [9.17, 15) is 4.39 Å². The first kappa shape index (κ1) is 14.0. The van der Waals surface area contributed by atoms with E-state index in [1.54, 1.807) is 12.5 Å². The van der Waals surface area contributed by atoms with Crippen LogP contribution < -0.4 is 9.64 Å². The highest BCUT2D eigenvalue weighted by molar-refractivity contribution is 5.83. The van der Waals surface area contributed by atoms with E-state index in [-0.39, 0.29) is 5.97 Å². The van der Waals surface area contributed by atoms with Gasteiger partial charge in [0.2, 0.25) is 0 Å². The van der Waals surface area contributed by atoms with E-state index in [1.165, 1.54) is 0 Å². The largest absolute Gasteiger partial charge is 0.490 e. The SMILES string of the molecule is FC1=NC=C(c2ccc3c(c2)N(Cc2cnc[nH]2)CCO3)CC1. The van der Waals surface area contributed by atoms with Gasteiger partial charge in [0.15, 0.2) is 5.97 Å². The maximum atomic E-state index is 13.1. The van der Waals surface area contributed by atoms with Gasteiger partial charge in [-0.1, -0.05) is 6.07 Å². The van der Waals surface area contributed by atoms with E-state index < -0.39 is 0 Å². The van der Waals surface area contributed by atoms with E-state index in [0.29, 0.717) is 19.4 Å². The first-order valence-electron chi connectivity index (χ1n) is 7.70. The fourth-order valence-electron chi connectivity index (χ4n) is 2.95. The van der Waals surface area contributed by atoms with Gasteiger partial charge in [-0.15, -0.1) is 0 Å². The van der Waals surface area contributed by atoms with Crippen LogP contribution in [0.1, 0.15) is 24.1 Å². The Hall–Kier alpha value is -2.63. The highest BCUT2D eigenvalue weighted by Gasteiger charge is 2.20. The predicted molar refractivity (Wildman–Crippen MR) is 87.3 cm³/mol. The van der Waals surface area contributed by atoms with Crippen LogP contribution in [0.15, 0.2) is 41.9 Å². The van der Waals surface area contributed by atoms with Crippen molar-refractivity contribution in [3.05, 3.63) is 48.2 Å². The van der Waals surface area contributed by atoms with Gasteiger partial charge in [-0.05, 0) is 29.7 Å². The average molecular weight is 312 g/mol. The van der Waals surface area contributed by atoms with Crippen molar-refractivity contribution in [1.82, 2.24) is 9.97 Å². The van der Waals surface area contributed by atoms with E-state index in [4.69, 9.17) is 4.74 Å². The van der Waals surface area contributed by atoms with Crippen molar-refractivity contribution >= 4 is 17.2 Å². The van der Waals surface area contributed by atoms with Crippen LogP contribution in [0.25, 0.3) is 5.57 Å². The number of rotatable bonds is 3. The second-order valence-electron chi connectivity index (χ2n) is 5.69. The quantitative estimate of drug-likeness (QED) is 0.946. The third-order valence-electron chi connectivity index (χ3n) is 4.17. The number of fused-ring (bicyclic) bond motifs is 1. The Morgan fingerprint density at radius 3 is 3.04 bits per heavy atom. The molecule has 0 aliphatic carbocycles. The predicted octanol–water partition coefficient (Wildman–Crippen LogP) is 3.31. The van der Waals surface area contributed by atoms with Crippen molar-refractivity contribution in [3.8, 4) is 5.75 Å². The summed E-state index contributed by atoms with van der Waals surface area (Å²) in [5.41, 5.74) is 4.24. The van der Waals surface area contributed by atoms with Crippen LogP contribution in [0, 0.1) is 0 Å². The molecular weight excluding hydrogens is 295 g/mol. The smallest absolute Gasteiger partial charge is 0.189 e. The summed E-state index contributed by atoms with van der Waals surface area (Å²) in [6, 6.07) is 6.11. The molecule has 1 N–H and O–H groups in total. The minimum atomic E-state index is -0.295. The molecule has 0 saturated heterocycles. The highest BCUT2D eigenvalue weighted by Crippen LogP contribution is 2.36. The molecule has 3 heterocycles. The van der Waals surface area contributed by atoms with E-state index in [1.807, 2.05) is 18.3 Å². The zero-order valence-corrected chi connectivity index (χ0v) is 12.6. The summed E-state index contributed by atoms with van der Waals surface area (Å²) < 4.78 is 18.8. The van der Waals surface area contributed by atoms with Gasteiger partial charge in [0.05, 0.1) is 30.8 Å². The molecular formula is C17H17FN4O. The van der Waals surface area contributed by atoms with Crippen molar-refractivity contribution in [2.24, 2.45) is 4.99 Å². The van der Waals surface area contributed by atoms with Gasteiger partial charge in [0.25, 0.3) is 0 Å². The first-order valence-corrected chi connectivity index (χ1v) is 7.70. The van der Waals surface area contributed by atoms with Gasteiger partial charge >= 0.3 is 0 Å². The number of nitrogens with zero attached hydrogens (tertiary/aromatic N) is 3. The third kappa shape index (κ3) is 2.84. The molecule has 2 aromatic rings. The summed E-state index contributed by atoms with van der Waals surface area (Å²) in [6.07, 6.45) is 6.20. The lowest BCUT2D eigenvalue weighted by molar-refractivity contribution is 0.306. The number of aliphatic imine (C=N–C) groups is 1. The summed E-state index contributed by atoms with van der Waals surface area (Å²) in [5.74, 6) is 0.585. The number of H-pyrrole nitrogens is 1. The number of aromatic amines is 1. The lowest BCUT2D eigenvalue weighted by Gasteiger charge is -2.31. The van der Waals surface area contributed by atoms with Crippen LogP contribution in [0.5, 0.6) is 5.75 Å². The summed E-state index contributed by atoms with van der Waals surface area (Å²) in [6.45, 7) is 2.24. The number of allylic oxidation sites excluding steroid dienone is 1. The number of hydrogen-bond acceptors (Lipinski definition) is 4. The van der Waals surface area contributed by atoms with Crippen molar-refractivity contribution in [2.75, 3.05) is 18.1 Å². The minimum Gasteiger partial charge on any atom is -0.490 e. The van der Waals surface area contributed by atoms with Crippen LogP contribution in [0.4, 0.5) is 10.1 Å². The number of benzene rings is 1. The fourth-order valence-corrected chi connectivity index (χ4v) is 2.95. The third-order valence-corrected chi connectivity index (χ3v) is 4.17. The number of anilines is 1. The molecule has 0 radical (unpaired) electrons. The fraction of sp³-hybridized carbons (Fsp3) is 0.294. The van der Waals surface area contributed by atoms with E-state index in [0.717, 1.165) is 41.4 Å². The summed E-state index contributed by atoms with van der Waals surface area (Å²) in [7, 11) is 0. The van der Waals surface area contributed by atoms with Crippen molar-refractivity contribution < 1.29 is 9.13 Å². The molecule has 0 saturated carbocycles. The molecule has 23 heavy (non-hydrogen) atoms. The zero-order chi connectivity index (χ0) is 15.6. The van der Waals surface area contributed by atoms with E-state index >= 15 is 0 Å². The van der Waals surface area contributed by atoms with Crippen LogP contribution in [0.2, 0.25) is 0 Å². The molecule has 0 fully saturated rings. The minimum absolute atomic E-state index is 0.295. The molecule has 1 aromatic heterocycles. The maximum Gasteiger partial charge on any atom is 0.189 e. The molecule has 5 nitrogen and oxygen atoms in total. The average Bonchev–Trinajstić information content (AvgIpc) is 3.09. The van der Waals surface area contributed by atoms with Crippen LogP contribution >= 0.6 is 0 Å². The normalized spacial score (nSPS) is 17.2. The highest BCUT2D eigenvalue weighted by atomic mass is 19.1. The maximum absolute atomic E-state index is 13.1. The Balaban J connectivity index is 1.66. The molecule has 0 unspecified atom stereocenters. The Morgan fingerprint density at radius 1 is 1.30 bits per heavy atom. The molecule has 0 amide bonds. The second-order valence-corrected chi connectivity index (χ2v) is 5.69. The number of nitrogens with one attached hydrogen (secondary N) is 1. The first-order chi connectivity index (χ1) is 11.3. The lowest BCUT2D eigenvalue weighted by Crippen LogP contribution is -2.32. The van der Waals surface area contributed by atoms with Crippen molar-refractivity contribution in [3.63, 3.8) is 0 Å². The van der Waals surface area contributed by atoms with Crippen molar-refractivity contribution in [2.45, 2.75) is 19.4 Å². The molecule has 6 heteroatoms. The number of imidazole rings is 1. The molecule has 2 aliphatic heterocycles. The second kappa shape index (κ2) is 5.87. The Kier molecular flexibility index (Phi) is 3.57. The topological polar surface area (TPSA) is 53.5 Å². The Labute approximate surface area is 133 Å². The molecule has 0 atom stereocenters. The van der Waals surface area contributed by atoms with Gasteiger partial charge in [0, 0.05) is 18.8 Å². The molecule has 0 bridgehead atoms. The number of hydrogen-bond donors (Lipinski definition) is 1. The Bertz CT molecular complexity index is 767.